The number of aromatic amines is 1. The van der Waals surface area contributed by atoms with E-state index in [-0.39, 0.29) is 11.9 Å². The summed E-state index contributed by atoms with van der Waals surface area (Å²) in [7, 11) is 0. The molecule has 108 valence electrons. The molecule has 0 radical (unpaired) electrons. The Kier molecular flexibility index (Phi) is 4.09. The van der Waals surface area contributed by atoms with Crippen molar-refractivity contribution in [2.24, 2.45) is 5.41 Å². The lowest BCUT2D eigenvalue weighted by Gasteiger charge is -2.41. The molecule has 2 heterocycles. The predicted octanol–water partition coefficient (Wildman–Crippen LogP) is 1.16. The number of rotatable bonds is 3. The maximum atomic E-state index is 12.4. The predicted molar refractivity (Wildman–Crippen MR) is 74.5 cm³/mol. The first kappa shape index (κ1) is 14.5. The van der Waals surface area contributed by atoms with E-state index in [9.17, 15) is 4.79 Å². The molecule has 1 aromatic heterocycles. The molecule has 0 saturated carbocycles. The van der Waals surface area contributed by atoms with Crippen molar-refractivity contribution in [2.75, 3.05) is 26.2 Å². The van der Waals surface area contributed by atoms with Gasteiger partial charge < -0.3 is 9.88 Å². The fourth-order valence-electron chi connectivity index (χ4n) is 2.55. The molecule has 0 unspecified atom stereocenters. The molecule has 1 atom stereocenters. The summed E-state index contributed by atoms with van der Waals surface area (Å²) < 4.78 is 0. The van der Waals surface area contributed by atoms with E-state index in [0.717, 1.165) is 18.9 Å². The van der Waals surface area contributed by atoms with Crippen molar-refractivity contribution in [2.45, 2.75) is 26.8 Å². The molecule has 1 aliphatic rings. The van der Waals surface area contributed by atoms with E-state index in [0.29, 0.717) is 13.1 Å². The number of carbonyl (C=O) groups excluding carboxylic acids is 1. The summed E-state index contributed by atoms with van der Waals surface area (Å²) in [6, 6.07) is 2.16. The van der Waals surface area contributed by atoms with Gasteiger partial charge in [0.15, 0.2) is 0 Å². The molecule has 0 spiro atoms. The first-order chi connectivity index (χ1) is 9.49. The number of aromatic nitrogens is 2. The van der Waals surface area contributed by atoms with E-state index in [2.05, 4.69) is 27.9 Å². The lowest BCUT2D eigenvalue weighted by molar-refractivity contribution is -0.140. The molecule has 0 aliphatic carbocycles. The van der Waals surface area contributed by atoms with Crippen molar-refractivity contribution in [3.05, 3.63) is 18.2 Å². The van der Waals surface area contributed by atoms with Crippen molar-refractivity contribution in [3.8, 4) is 6.07 Å². The number of carbonyl (C=O) groups is 1. The standard InChI is InChI=1S/C14H21N5O/c1-4-18-7-8-19(13(20)14(2,3)10-15)9-11(18)12-16-5-6-17-12/h5-6,11H,4,7-9H2,1-3H3,(H,16,17)/t11-/m1/s1. The van der Waals surface area contributed by atoms with Crippen LogP contribution in [0, 0.1) is 16.7 Å². The third-order valence-electron chi connectivity index (χ3n) is 3.83. The number of nitrogens with one attached hydrogen (secondary N) is 1. The van der Waals surface area contributed by atoms with Gasteiger partial charge >= 0.3 is 0 Å². The van der Waals surface area contributed by atoms with Gasteiger partial charge in [-0.15, -0.1) is 0 Å². The van der Waals surface area contributed by atoms with Gasteiger partial charge in [0.1, 0.15) is 11.2 Å². The number of nitriles is 1. The van der Waals surface area contributed by atoms with E-state index in [1.54, 1.807) is 31.1 Å². The number of likely N-dealkylation sites (N-methyl/N-ethyl adjacent to an activating group) is 1. The molecule has 20 heavy (non-hydrogen) atoms. The minimum atomic E-state index is -0.970. The van der Waals surface area contributed by atoms with Crippen LogP contribution in [0.1, 0.15) is 32.6 Å². The molecule has 1 fully saturated rings. The Morgan fingerprint density at radius 1 is 1.60 bits per heavy atom. The highest BCUT2D eigenvalue weighted by Crippen LogP contribution is 2.26. The smallest absolute Gasteiger partial charge is 0.242 e. The number of amides is 1. The Balaban J connectivity index is 2.17. The van der Waals surface area contributed by atoms with Crippen molar-refractivity contribution in [3.63, 3.8) is 0 Å². The zero-order valence-electron chi connectivity index (χ0n) is 12.3. The van der Waals surface area contributed by atoms with Gasteiger partial charge in [0.05, 0.1) is 12.1 Å². The third kappa shape index (κ3) is 2.68. The summed E-state index contributed by atoms with van der Waals surface area (Å²) in [6.07, 6.45) is 3.52. The fraction of sp³-hybridized carbons (Fsp3) is 0.643. The molecular weight excluding hydrogens is 254 g/mol. The van der Waals surface area contributed by atoms with Crippen LogP contribution in [0.5, 0.6) is 0 Å². The maximum absolute atomic E-state index is 12.4. The highest BCUT2D eigenvalue weighted by Gasteiger charge is 2.37. The quantitative estimate of drug-likeness (QED) is 0.898. The van der Waals surface area contributed by atoms with E-state index in [1.165, 1.54) is 0 Å². The van der Waals surface area contributed by atoms with Crippen LogP contribution in [0.15, 0.2) is 12.4 Å². The zero-order chi connectivity index (χ0) is 14.8. The van der Waals surface area contributed by atoms with Crippen molar-refractivity contribution < 1.29 is 4.79 Å². The molecule has 1 saturated heterocycles. The molecule has 6 nitrogen and oxygen atoms in total. The Bertz CT molecular complexity index is 502. The van der Waals surface area contributed by atoms with Crippen molar-refractivity contribution >= 4 is 5.91 Å². The summed E-state index contributed by atoms with van der Waals surface area (Å²) in [6.45, 7) is 8.39. The van der Waals surface area contributed by atoms with Crippen LogP contribution >= 0.6 is 0 Å². The second-order valence-corrected chi connectivity index (χ2v) is 5.61. The number of nitrogens with zero attached hydrogens (tertiary/aromatic N) is 4. The number of piperazine rings is 1. The van der Waals surface area contributed by atoms with Gasteiger partial charge in [-0.2, -0.15) is 5.26 Å². The van der Waals surface area contributed by atoms with Gasteiger partial charge in [-0.25, -0.2) is 4.98 Å². The van der Waals surface area contributed by atoms with Gasteiger partial charge in [-0.3, -0.25) is 9.69 Å². The van der Waals surface area contributed by atoms with Gasteiger partial charge in [0.25, 0.3) is 0 Å². The highest BCUT2D eigenvalue weighted by atomic mass is 16.2. The molecular formula is C14H21N5O. The molecule has 1 aliphatic heterocycles. The third-order valence-corrected chi connectivity index (χ3v) is 3.83. The summed E-state index contributed by atoms with van der Waals surface area (Å²) >= 11 is 0. The first-order valence-electron chi connectivity index (χ1n) is 6.93. The Morgan fingerprint density at radius 2 is 2.35 bits per heavy atom. The number of hydrogen-bond donors (Lipinski definition) is 1. The van der Waals surface area contributed by atoms with Crippen LogP contribution in [-0.2, 0) is 4.79 Å². The molecule has 1 amide bonds. The van der Waals surface area contributed by atoms with Gasteiger partial charge in [0, 0.05) is 32.0 Å². The molecule has 6 heteroatoms. The normalized spacial score (nSPS) is 20.7. The van der Waals surface area contributed by atoms with Crippen LogP contribution in [0.3, 0.4) is 0 Å². The minimum Gasteiger partial charge on any atom is -0.347 e. The van der Waals surface area contributed by atoms with Crippen LogP contribution < -0.4 is 0 Å². The number of imidazole rings is 1. The van der Waals surface area contributed by atoms with E-state index in [4.69, 9.17) is 5.26 Å². The summed E-state index contributed by atoms with van der Waals surface area (Å²) in [5.74, 6) is 0.770. The summed E-state index contributed by atoms with van der Waals surface area (Å²) in [5.41, 5.74) is -0.970. The Hall–Kier alpha value is -1.87. The van der Waals surface area contributed by atoms with Gasteiger partial charge in [-0.1, -0.05) is 6.92 Å². The van der Waals surface area contributed by atoms with E-state index in [1.807, 2.05) is 0 Å². The van der Waals surface area contributed by atoms with Gasteiger partial charge in [-0.05, 0) is 20.4 Å². The zero-order valence-corrected chi connectivity index (χ0v) is 12.3. The lowest BCUT2D eigenvalue weighted by Crippen LogP contribution is -2.53. The Labute approximate surface area is 119 Å². The molecule has 2 rings (SSSR count). The molecule has 0 bridgehead atoms. The topological polar surface area (TPSA) is 76.0 Å². The molecule has 1 N–H and O–H groups in total. The average Bonchev–Trinajstić information content (AvgIpc) is 2.99. The largest absolute Gasteiger partial charge is 0.347 e. The maximum Gasteiger partial charge on any atom is 0.242 e. The number of H-pyrrole nitrogens is 1. The van der Waals surface area contributed by atoms with Crippen molar-refractivity contribution in [1.82, 2.24) is 19.8 Å². The van der Waals surface area contributed by atoms with Crippen LogP contribution in [0.2, 0.25) is 0 Å². The summed E-state index contributed by atoms with van der Waals surface area (Å²) in [5, 5.41) is 9.12. The molecule has 1 aromatic rings. The second kappa shape index (κ2) is 5.63. The van der Waals surface area contributed by atoms with Crippen LogP contribution in [0.4, 0.5) is 0 Å². The molecule has 0 aromatic carbocycles. The van der Waals surface area contributed by atoms with E-state index >= 15 is 0 Å². The Morgan fingerprint density at radius 3 is 2.90 bits per heavy atom. The highest BCUT2D eigenvalue weighted by molar-refractivity contribution is 5.84. The van der Waals surface area contributed by atoms with Crippen LogP contribution in [-0.4, -0.2) is 51.9 Å². The monoisotopic (exact) mass is 275 g/mol. The first-order valence-corrected chi connectivity index (χ1v) is 6.93. The second-order valence-electron chi connectivity index (χ2n) is 5.61. The lowest BCUT2D eigenvalue weighted by atomic mass is 9.93. The van der Waals surface area contributed by atoms with E-state index < -0.39 is 5.41 Å². The average molecular weight is 275 g/mol. The minimum absolute atomic E-state index is 0.0715. The number of hydrogen-bond acceptors (Lipinski definition) is 4. The SMILES string of the molecule is CCN1CCN(C(=O)C(C)(C)C#N)C[C@@H]1c1ncc[nH]1. The van der Waals surface area contributed by atoms with Crippen molar-refractivity contribution in [1.29, 1.82) is 5.26 Å². The van der Waals surface area contributed by atoms with Crippen LogP contribution in [0.25, 0.3) is 0 Å². The fourth-order valence-corrected chi connectivity index (χ4v) is 2.55. The summed E-state index contributed by atoms with van der Waals surface area (Å²) in [4.78, 5) is 23.9. The van der Waals surface area contributed by atoms with Gasteiger partial charge in [0.2, 0.25) is 5.91 Å².